The van der Waals surface area contributed by atoms with Gasteiger partial charge < -0.3 is 10.4 Å². The van der Waals surface area contributed by atoms with Crippen LogP contribution in [0.4, 0.5) is 0 Å². The standard InChI is InChI=1S/C18H24N4O2/c23-16-11-14(12-16)17(13-15-5-1-2-7-19-15)21-18(24)6-3-9-22-10-4-8-20-22/h1-2,4-5,7-8,10,14,16-17,23H,3,6,9,11-13H2,(H,21,24). The number of hydrogen-bond donors (Lipinski definition) is 2. The minimum absolute atomic E-state index is 0.0421. The smallest absolute Gasteiger partial charge is 0.220 e. The van der Waals surface area contributed by atoms with E-state index < -0.39 is 0 Å². The Kier molecular flexibility index (Phi) is 5.59. The van der Waals surface area contributed by atoms with Crippen molar-refractivity contribution >= 4 is 5.91 Å². The fourth-order valence-electron chi connectivity index (χ4n) is 3.15. The second-order valence-corrected chi connectivity index (χ2v) is 6.46. The zero-order valence-corrected chi connectivity index (χ0v) is 13.7. The Hall–Kier alpha value is -2.21. The van der Waals surface area contributed by atoms with Crippen molar-refractivity contribution in [2.75, 3.05) is 0 Å². The fourth-order valence-corrected chi connectivity index (χ4v) is 3.15. The van der Waals surface area contributed by atoms with Gasteiger partial charge in [-0.3, -0.25) is 14.5 Å². The highest BCUT2D eigenvalue weighted by atomic mass is 16.3. The highest BCUT2D eigenvalue weighted by Gasteiger charge is 2.34. The highest BCUT2D eigenvalue weighted by Crippen LogP contribution is 2.31. The summed E-state index contributed by atoms with van der Waals surface area (Å²) in [7, 11) is 0. The molecule has 6 nitrogen and oxygen atoms in total. The molecule has 1 saturated carbocycles. The van der Waals surface area contributed by atoms with Gasteiger partial charge in [0.25, 0.3) is 0 Å². The van der Waals surface area contributed by atoms with Gasteiger partial charge >= 0.3 is 0 Å². The zero-order chi connectivity index (χ0) is 16.8. The van der Waals surface area contributed by atoms with Gasteiger partial charge in [-0.2, -0.15) is 5.10 Å². The molecule has 1 unspecified atom stereocenters. The van der Waals surface area contributed by atoms with Gasteiger partial charge in [-0.1, -0.05) is 6.07 Å². The van der Waals surface area contributed by atoms with Crippen molar-refractivity contribution in [3.8, 4) is 0 Å². The van der Waals surface area contributed by atoms with Gasteiger partial charge in [0.2, 0.25) is 5.91 Å². The number of nitrogens with one attached hydrogen (secondary N) is 1. The molecule has 2 aromatic heterocycles. The maximum absolute atomic E-state index is 12.3. The van der Waals surface area contributed by atoms with E-state index in [9.17, 15) is 9.90 Å². The van der Waals surface area contributed by atoms with Gasteiger partial charge in [0.1, 0.15) is 0 Å². The first-order chi connectivity index (χ1) is 11.7. The number of amides is 1. The summed E-state index contributed by atoms with van der Waals surface area (Å²) in [6, 6.07) is 7.75. The van der Waals surface area contributed by atoms with Crippen molar-refractivity contribution in [2.24, 2.45) is 5.92 Å². The van der Waals surface area contributed by atoms with Crippen LogP contribution in [0.3, 0.4) is 0 Å². The summed E-state index contributed by atoms with van der Waals surface area (Å²) < 4.78 is 1.83. The number of hydrogen-bond acceptors (Lipinski definition) is 4. The largest absolute Gasteiger partial charge is 0.393 e. The summed E-state index contributed by atoms with van der Waals surface area (Å²) in [6.45, 7) is 0.744. The van der Waals surface area contributed by atoms with Crippen LogP contribution in [0, 0.1) is 5.92 Å². The average Bonchev–Trinajstić information content (AvgIpc) is 3.06. The topological polar surface area (TPSA) is 80.0 Å². The molecule has 0 spiro atoms. The number of aromatic nitrogens is 3. The van der Waals surface area contributed by atoms with Crippen molar-refractivity contribution in [3.63, 3.8) is 0 Å². The van der Waals surface area contributed by atoms with Crippen LogP contribution >= 0.6 is 0 Å². The molecule has 2 heterocycles. The number of rotatable bonds is 8. The van der Waals surface area contributed by atoms with Crippen LogP contribution in [0.15, 0.2) is 42.9 Å². The fraction of sp³-hybridized carbons (Fsp3) is 0.500. The molecular weight excluding hydrogens is 304 g/mol. The van der Waals surface area contributed by atoms with E-state index >= 15 is 0 Å². The molecule has 0 radical (unpaired) electrons. The SMILES string of the molecule is O=C(CCCn1cccn1)NC(Cc1ccccn1)C1CC(O)C1. The Morgan fingerprint density at radius 1 is 1.33 bits per heavy atom. The molecule has 3 rings (SSSR count). The third kappa shape index (κ3) is 4.64. The number of aryl methyl sites for hydroxylation is 1. The molecule has 0 aliphatic heterocycles. The van der Waals surface area contributed by atoms with Gasteiger partial charge in [-0.05, 0) is 43.4 Å². The second-order valence-electron chi connectivity index (χ2n) is 6.46. The molecule has 2 aromatic rings. The molecule has 1 fully saturated rings. The van der Waals surface area contributed by atoms with E-state index in [1.807, 2.05) is 35.1 Å². The van der Waals surface area contributed by atoms with Crippen LogP contribution in [-0.2, 0) is 17.8 Å². The first kappa shape index (κ1) is 16.6. The van der Waals surface area contributed by atoms with Crippen molar-refractivity contribution in [1.82, 2.24) is 20.1 Å². The lowest BCUT2D eigenvalue weighted by Crippen LogP contribution is -2.48. The lowest BCUT2D eigenvalue weighted by Gasteiger charge is -2.38. The monoisotopic (exact) mass is 328 g/mol. The third-order valence-corrected chi connectivity index (χ3v) is 4.57. The summed E-state index contributed by atoms with van der Waals surface area (Å²) >= 11 is 0. The van der Waals surface area contributed by atoms with E-state index in [2.05, 4.69) is 15.4 Å². The van der Waals surface area contributed by atoms with Crippen molar-refractivity contribution in [3.05, 3.63) is 48.5 Å². The van der Waals surface area contributed by atoms with Crippen molar-refractivity contribution < 1.29 is 9.90 Å². The number of pyridine rings is 1. The molecule has 24 heavy (non-hydrogen) atoms. The van der Waals surface area contributed by atoms with Gasteiger partial charge in [-0.15, -0.1) is 0 Å². The molecule has 2 N–H and O–H groups in total. The van der Waals surface area contributed by atoms with Crippen molar-refractivity contribution in [1.29, 1.82) is 0 Å². The van der Waals surface area contributed by atoms with Gasteiger partial charge in [-0.25, -0.2) is 0 Å². The van der Waals surface area contributed by atoms with E-state index in [4.69, 9.17) is 0 Å². The van der Waals surface area contributed by atoms with E-state index in [0.29, 0.717) is 18.8 Å². The number of nitrogens with zero attached hydrogens (tertiary/aromatic N) is 3. The van der Waals surface area contributed by atoms with E-state index in [0.717, 1.165) is 31.5 Å². The van der Waals surface area contributed by atoms with Gasteiger partial charge in [0.15, 0.2) is 0 Å². The van der Waals surface area contributed by atoms with Crippen LogP contribution in [0.1, 0.15) is 31.4 Å². The zero-order valence-electron chi connectivity index (χ0n) is 13.7. The Bertz CT molecular complexity index is 624. The number of carbonyl (C=O) groups is 1. The maximum Gasteiger partial charge on any atom is 0.220 e. The van der Waals surface area contributed by atoms with E-state index in [1.165, 1.54) is 0 Å². The average molecular weight is 328 g/mol. The lowest BCUT2D eigenvalue weighted by atomic mass is 9.76. The summed E-state index contributed by atoms with van der Waals surface area (Å²) in [5.41, 5.74) is 0.973. The van der Waals surface area contributed by atoms with Gasteiger partial charge in [0.05, 0.1) is 6.10 Å². The summed E-state index contributed by atoms with van der Waals surface area (Å²) in [5.74, 6) is 0.390. The number of aliphatic hydroxyl groups is 1. The number of carbonyl (C=O) groups excluding carboxylic acids is 1. The van der Waals surface area contributed by atoms with Crippen LogP contribution in [0.5, 0.6) is 0 Å². The summed E-state index contributed by atoms with van der Waals surface area (Å²) in [6.07, 6.45) is 8.65. The molecule has 1 aliphatic carbocycles. The molecule has 1 aliphatic rings. The van der Waals surface area contributed by atoms with Crippen molar-refractivity contribution in [2.45, 2.75) is 50.8 Å². The normalized spacial score (nSPS) is 21.0. The quantitative estimate of drug-likeness (QED) is 0.770. The second kappa shape index (κ2) is 8.06. The predicted molar refractivity (Wildman–Crippen MR) is 90.1 cm³/mol. The minimum Gasteiger partial charge on any atom is -0.393 e. The molecule has 0 aromatic carbocycles. The van der Waals surface area contributed by atoms with Crippen LogP contribution in [0.25, 0.3) is 0 Å². The van der Waals surface area contributed by atoms with Crippen LogP contribution in [0.2, 0.25) is 0 Å². The molecule has 0 bridgehead atoms. The van der Waals surface area contributed by atoms with E-state index in [1.54, 1.807) is 12.4 Å². The highest BCUT2D eigenvalue weighted by molar-refractivity contribution is 5.76. The Morgan fingerprint density at radius 2 is 2.21 bits per heavy atom. The molecular formula is C18H24N4O2. The Labute approximate surface area is 141 Å². The number of aliphatic hydroxyl groups excluding tert-OH is 1. The molecule has 1 atom stereocenters. The lowest BCUT2D eigenvalue weighted by molar-refractivity contribution is -0.123. The molecule has 0 saturated heterocycles. The Morgan fingerprint density at radius 3 is 2.88 bits per heavy atom. The van der Waals surface area contributed by atoms with Gasteiger partial charge in [0, 0.05) is 49.7 Å². The summed E-state index contributed by atoms with van der Waals surface area (Å²) in [5, 5.41) is 16.9. The van der Waals surface area contributed by atoms with E-state index in [-0.39, 0.29) is 18.1 Å². The third-order valence-electron chi connectivity index (χ3n) is 4.57. The minimum atomic E-state index is -0.224. The first-order valence-corrected chi connectivity index (χ1v) is 8.55. The maximum atomic E-state index is 12.3. The van der Waals surface area contributed by atoms with Crippen LogP contribution < -0.4 is 5.32 Å². The van der Waals surface area contributed by atoms with Crippen LogP contribution in [-0.4, -0.2) is 37.9 Å². The Balaban J connectivity index is 1.50. The molecule has 6 heteroatoms. The predicted octanol–water partition coefficient (Wildman–Crippen LogP) is 1.56. The molecule has 128 valence electrons. The first-order valence-electron chi connectivity index (χ1n) is 8.55. The summed E-state index contributed by atoms with van der Waals surface area (Å²) in [4.78, 5) is 16.6. The molecule has 1 amide bonds.